The molecule has 0 spiro atoms. The third-order valence-corrected chi connectivity index (χ3v) is 3.26. The summed E-state index contributed by atoms with van der Waals surface area (Å²) in [7, 11) is 1.92. The Hall–Kier alpha value is -1.10. The van der Waals surface area contributed by atoms with Crippen molar-refractivity contribution >= 4 is 23.2 Å². The number of halogens is 2. The summed E-state index contributed by atoms with van der Waals surface area (Å²) >= 11 is 11.9. The first-order valence-electron chi connectivity index (χ1n) is 5.64. The van der Waals surface area contributed by atoms with Crippen LogP contribution in [0.5, 0.6) is 0 Å². The van der Waals surface area contributed by atoms with E-state index in [0.717, 1.165) is 24.4 Å². The van der Waals surface area contributed by atoms with E-state index < -0.39 is 0 Å². The van der Waals surface area contributed by atoms with Gasteiger partial charge < -0.3 is 9.88 Å². The smallest absolute Gasteiger partial charge is 0.146 e. The topological polar surface area (TPSA) is 42.7 Å². The highest BCUT2D eigenvalue weighted by Crippen LogP contribution is 2.20. The van der Waals surface area contributed by atoms with Crippen molar-refractivity contribution in [2.24, 2.45) is 7.05 Å². The van der Waals surface area contributed by atoms with E-state index in [9.17, 15) is 0 Å². The number of rotatable bonds is 5. The van der Waals surface area contributed by atoms with Crippen LogP contribution in [0.25, 0.3) is 0 Å². The molecule has 1 aromatic carbocycles. The SMILES string of the molecule is Cn1cnnc1CNCCc1ccc(Cl)cc1Cl. The molecule has 1 aromatic heterocycles. The molecular formula is C12H14Cl2N4. The van der Waals surface area contributed by atoms with Crippen molar-refractivity contribution in [2.75, 3.05) is 6.54 Å². The average molecular weight is 285 g/mol. The minimum atomic E-state index is 0.663. The predicted octanol–water partition coefficient (Wildman–Crippen LogP) is 2.45. The number of hydrogen-bond donors (Lipinski definition) is 1. The summed E-state index contributed by atoms with van der Waals surface area (Å²) in [6.45, 7) is 1.52. The van der Waals surface area contributed by atoms with Crippen LogP contribution in [0.3, 0.4) is 0 Å². The molecule has 0 bridgehead atoms. The maximum Gasteiger partial charge on any atom is 0.146 e. The van der Waals surface area contributed by atoms with Crippen LogP contribution in [0.15, 0.2) is 24.5 Å². The first-order chi connectivity index (χ1) is 8.66. The molecule has 0 aliphatic heterocycles. The Kier molecular flexibility index (Phi) is 4.58. The Labute approximate surface area is 116 Å². The van der Waals surface area contributed by atoms with Gasteiger partial charge in [-0.3, -0.25) is 0 Å². The quantitative estimate of drug-likeness (QED) is 0.858. The number of aromatic nitrogens is 3. The number of nitrogens with zero attached hydrogens (tertiary/aromatic N) is 3. The number of aryl methyl sites for hydroxylation is 1. The van der Waals surface area contributed by atoms with Crippen molar-refractivity contribution in [3.8, 4) is 0 Å². The van der Waals surface area contributed by atoms with Gasteiger partial charge in [-0.1, -0.05) is 29.3 Å². The monoisotopic (exact) mass is 284 g/mol. The standard InChI is InChI=1S/C12H14Cl2N4/c1-18-8-16-17-12(18)7-15-5-4-9-2-3-10(13)6-11(9)14/h2-3,6,8,15H,4-5,7H2,1H3. The number of nitrogens with one attached hydrogen (secondary N) is 1. The van der Waals surface area contributed by atoms with Gasteiger partial charge in [0.1, 0.15) is 12.2 Å². The third kappa shape index (κ3) is 3.45. The molecule has 1 N–H and O–H groups in total. The summed E-state index contributed by atoms with van der Waals surface area (Å²) < 4.78 is 1.89. The fourth-order valence-electron chi connectivity index (χ4n) is 1.61. The van der Waals surface area contributed by atoms with Gasteiger partial charge in [-0.05, 0) is 30.7 Å². The molecule has 0 aliphatic rings. The van der Waals surface area contributed by atoms with Crippen LogP contribution in [0.1, 0.15) is 11.4 Å². The van der Waals surface area contributed by atoms with Gasteiger partial charge in [0, 0.05) is 17.1 Å². The van der Waals surface area contributed by atoms with Crippen molar-refractivity contribution in [1.29, 1.82) is 0 Å². The van der Waals surface area contributed by atoms with E-state index in [1.54, 1.807) is 12.4 Å². The van der Waals surface area contributed by atoms with Gasteiger partial charge in [0.2, 0.25) is 0 Å². The Morgan fingerprint density at radius 2 is 2.17 bits per heavy atom. The maximum absolute atomic E-state index is 6.09. The zero-order valence-electron chi connectivity index (χ0n) is 10.0. The van der Waals surface area contributed by atoms with Crippen LogP contribution in [0.4, 0.5) is 0 Å². The van der Waals surface area contributed by atoms with Gasteiger partial charge >= 0.3 is 0 Å². The van der Waals surface area contributed by atoms with Gasteiger partial charge in [-0.15, -0.1) is 10.2 Å². The van der Waals surface area contributed by atoms with E-state index in [1.807, 2.05) is 23.7 Å². The second kappa shape index (κ2) is 6.18. The van der Waals surface area contributed by atoms with Crippen LogP contribution in [0.2, 0.25) is 10.0 Å². The van der Waals surface area contributed by atoms with Crippen LogP contribution < -0.4 is 5.32 Å². The molecule has 2 rings (SSSR count). The molecule has 2 aromatic rings. The van der Waals surface area contributed by atoms with Gasteiger partial charge in [0.25, 0.3) is 0 Å². The van der Waals surface area contributed by atoms with Crippen molar-refractivity contribution in [2.45, 2.75) is 13.0 Å². The Bertz CT molecular complexity index is 525. The lowest BCUT2D eigenvalue weighted by Crippen LogP contribution is -2.19. The lowest BCUT2D eigenvalue weighted by Gasteiger charge is -2.06. The lowest BCUT2D eigenvalue weighted by molar-refractivity contribution is 0.636. The minimum Gasteiger partial charge on any atom is -0.320 e. The maximum atomic E-state index is 6.09. The number of benzene rings is 1. The van der Waals surface area contributed by atoms with Crippen LogP contribution in [0, 0.1) is 0 Å². The molecule has 0 unspecified atom stereocenters. The van der Waals surface area contributed by atoms with E-state index in [-0.39, 0.29) is 0 Å². The van der Waals surface area contributed by atoms with E-state index in [2.05, 4.69) is 15.5 Å². The molecule has 0 aliphatic carbocycles. The molecule has 0 fully saturated rings. The molecule has 0 atom stereocenters. The highest BCUT2D eigenvalue weighted by atomic mass is 35.5. The Balaban J connectivity index is 1.80. The molecule has 18 heavy (non-hydrogen) atoms. The molecule has 0 radical (unpaired) electrons. The van der Waals surface area contributed by atoms with Crippen LogP contribution in [-0.4, -0.2) is 21.3 Å². The van der Waals surface area contributed by atoms with Crippen molar-refractivity contribution in [3.63, 3.8) is 0 Å². The second-order valence-corrected chi connectivity index (χ2v) is 4.86. The second-order valence-electron chi connectivity index (χ2n) is 4.02. The zero-order chi connectivity index (χ0) is 13.0. The largest absolute Gasteiger partial charge is 0.320 e. The molecule has 0 amide bonds. The number of hydrogen-bond acceptors (Lipinski definition) is 3. The first kappa shape index (κ1) is 13.3. The molecule has 1 heterocycles. The zero-order valence-corrected chi connectivity index (χ0v) is 11.5. The predicted molar refractivity (Wildman–Crippen MR) is 72.9 cm³/mol. The van der Waals surface area contributed by atoms with E-state index in [4.69, 9.17) is 23.2 Å². The first-order valence-corrected chi connectivity index (χ1v) is 6.40. The highest BCUT2D eigenvalue weighted by molar-refractivity contribution is 6.35. The van der Waals surface area contributed by atoms with E-state index in [0.29, 0.717) is 16.6 Å². The molecule has 0 saturated heterocycles. The molecule has 4 nitrogen and oxygen atoms in total. The average Bonchev–Trinajstić information content (AvgIpc) is 2.73. The van der Waals surface area contributed by atoms with Gasteiger partial charge in [-0.25, -0.2) is 0 Å². The van der Waals surface area contributed by atoms with Crippen molar-refractivity contribution in [3.05, 3.63) is 46.0 Å². The summed E-state index contributed by atoms with van der Waals surface area (Å²) in [5.74, 6) is 0.914. The summed E-state index contributed by atoms with van der Waals surface area (Å²) in [6.07, 6.45) is 2.54. The molecular weight excluding hydrogens is 271 g/mol. The van der Waals surface area contributed by atoms with Gasteiger partial charge in [0.15, 0.2) is 0 Å². The molecule has 6 heteroatoms. The van der Waals surface area contributed by atoms with Gasteiger partial charge in [-0.2, -0.15) is 0 Å². The van der Waals surface area contributed by atoms with Crippen molar-refractivity contribution in [1.82, 2.24) is 20.1 Å². The normalized spacial score (nSPS) is 10.8. The summed E-state index contributed by atoms with van der Waals surface area (Å²) in [5, 5.41) is 12.5. The lowest BCUT2D eigenvalue weighted by atomic mass is 10.1. The van der Waals surface area contributed by atoms with Crippen molar-refractivity contribution < 1.29 is 0 Å². The van der Waals surface area contributed by atoms with Crippen LogP contribution >= 0.6 is 23.2 Å². The van der Waals surface area contributed by atoms with Gasteiger partial charge in [0.05, 0.1) is 6.54 Å². The summed E-state index contributed by atoms with van der Waals surface area (Å²) in [5.41, 5.74) is 1.09. The fourth-order valence-corrected chi connectivity index (χ4v) is 2.12. The highest BCUT2D eigenvalue weighted by Gasteiger charge is 2.02. The molecule has 0 saturated carbocycles. The summed E-state index contributed by atoms with van der Waals surface area (Å²) in [6, 6.07) is 5.57. The summed E-state index contributed by atoms with van der Waals surface area (Å²) in [4.78, 5) is 0. The Morgan fingerprint density at radius 1 is 1.33 bits per heavy atom. The van der Waals surface area contributed by atoms with Crippen LogP contribution in [-0.2, 0) is 20.0 Å². The third-order valence-electron chi connectivity index (χ3n) is 2.67. The molecule has 96 valence electrons. The van der Waals surface area contributed by atoms with E-state index in [1.165, 1.54) is 0 Å². The van der Waals surface area contributed by atoms with E-state index >= 15 is 0 Å². The fraction of sp³-hybridized carbons (Fsp3) is 0.333. The minimum absolute atomic E-state index is 0.663. The Morgan fingerprint density at radius 3 is 2.83 bits per heavy atom.